The van der Waals surface area contributed by atoms with E-state index in [1.807, 2.05) is 14.1 Å². The van der Waals surface area contributed by atoms with Crippen LogP contribution in [0, 0.1) is 0 Å². The summed E-state index contributed by atoms with van der Waals surface area (Å²) in [6.45, 7) is 1.50. The molecule has 1 aromatic heterocycles. The molecule has 3 N–H and O–H groups in total. The van der Waals surface area contributed by atoms with Gasteiger partial charge < -0.3 is 20.3 Å². The van der Waals surface area contributed by atoms with Gasteiger partial charge in [-0.05, 0) is 39.2 Å². The molecule has 0 fully saturated rings. The van der Waals surface area contributed by atoms with Crippen molar-refractivity contribution in [2.75, 3.05) is 26.4 Å². The van der Waals surface area contributed by atoms with E-state index < -0.39 is 11.4 Å². The fourth-order valence-electron chi connectivity index (χ4n) is 2.36. The summed E-state index contributed by atoms with van der Waals surface area (Å²) >= 11 is 0. The summed E-state index contributed by atoms with van der Waals surface area (Å²) in [5.74, 6) is -1.23. The van der Waals surface area contributed by atoms with Crippen LogP contribution in [0.2, 0.25) is 0 Å². The molecule has 1 heterocycles. The first kappa shape index (κ1) is 15.1. The van der Waals surface area contributed by atoms with Gasteiger partial charge in [0, 0.05) is 18.4 Å². The molecule has 0 saturated heterocycles. The molecule has 0 aliphatic rings. The van der Waals surface area contributed by atoms with E-state index in [1.54, 1.807) is 22.8 Å². The summed E-state index contributed by atoms with van der Waals surface area (Å²) in [7, 11) is 3.95. The van der Waals surface area contributed by atoms with E-state index in [0.717, 1.165) is 13.0 Å². The molecular weight excluding hydrogens is 270 g/mol. The Labute approximate surface area is 122 Å². The number of fused-ring (bicyclic) bond motifs is 1. The number of hydrogen-bond donors (Lipinski definition) is 2. The van der Waals surface area contributed by atoms with Crippen LogP contribution >= 0.6 is 0 Å². The first-order chi connectivity index (χ1) is 9.91. The number of nitrogen functional groups attached to an aromatic ring is 1. The van der Waals surface area contributed by atoms with Crippen molar-refractivity contribution in [1.82, 2.24) is 9.47 Å². The number of aromatic carboxylic acids is 1. The standard InChI is InChI=1S/C15H19N3O3/c1-17(2)7-4-8-18-9-10(15(20)21)14(19)13-11(16)5-3-6-12(13)18/h3,5-6,9H,4,7-8,16H2,1-2H3,(H,20,21). The molecular formula is C15H19N3O3. The van der Waals surface area contributed by atoms with Gasteiger partial charge in [-0.2, -0.15) is 0 Å². The largest absolute Gasteiger partial charge is 0.477 e. The number of carboxylic acids is 1. The Balaban J connectivity index is 2.58. The van der Waals surface area contributed by atoms with Gasteiger partial charge in [0.25, 0.3) is 0 Å². The third kappa shape index (κ3) is 3.05. The normalized spacial score (nSPS) is 11.2. The zero-order valence-electron chi connectivity index (χ0n) is 12.2. The highest BCUT2D eigenvalue weighted by atomic mass is 16.4. The number of carboxylic acid groups (broad SMARTS) is 1. The van der Waals surface area contributed by atoms with Gasteiger partial charge in [0.15, 0.2) is 0 Å². The Morgan fingerprint density at radius 1 is 1.38 bits per heavy atom. The predicted molar refractivity (Wildman–Crippen MR) is 82.8 cm³/mol. The number of anilines is 1. The molecule has 0 aliphatic heterocycles. The Kier molecular flexibility index (Phi) is 4.28. The van der Waals surface area contributed by atoms with E-state index in [4.69, 9.17) is 5.73 Å². The highest BCUT2D eigenvalue weighted by molar-refractivity contribution is 5.97. The SMILES string of the molecule is CN(C)CCCn1cc(C(=O)O)c(=O)c2c(N)cccc21. The van der Waals surface area contributed by atoms with Gasteiger partial charge >= 0.3 is 5.97 Å². The second-order valence-electron chi connectivity index (χ2n) is 5.27. The van der Waals surface area contributed by atoms with Crippen LogP contribution in [-0.2, 0) is 6.54 Å². The van der Waals surface area contributed by atoms with Crippen LogP contribution in [0.15, 0.2) is 29.2 Å². The average molecular weight is 289 g/mol. The number of rotatable bonds is 5. The third-order valence-electron chi connectivity index (χ3n) is 3.38. The Hall–Kier alpha value is -2.34. The molecule has 0 amide bonds. The monoisotopic (exact) mass is 289 g/mol. The van der Waals surface area contributed by atoms with Crippen LogP contribution in [0.3, 0.4) is 0 Å². The smallest absolute Gasteiger partial charge is 0.341 e. The molecule has 1 aromatic carbocycles. The summed E-state index contributed by atoms with van der Waals surface area (Å²) in [5, 5.41) is 9.47. The minimum absolute atomic E-state index is 0.245. The lowest BCUT2D eigenvalue weighted by Gasteiger charge is -2.15. The van der Waals surface area contributed by atoms with Crippen LogP contribution in [0.25, 0.3) is 10.9 Å². The number of aryl methyl sites for hydroxylation is 1. The number of aromatic nitrogens is 1. The van der Waals surface area contributed by atoms with Crippen molar-refractivity contribution in [1.29, 1.82) is 0 Å². The second kappa shape index (κ2) is 5.97. The highest BCUT2D eigenvalue weighted by Crippen LogP contribution is 2.18. The van der Waals surface area contributed by atoms with Crippen LogP contribution in [0.1, 0.15) is 16.8 Å². The van der Waals surface area contributed by atoms with Crippen molar-refractivity contribution >= 4 is 22.6 Å². The van der Waals surface area contributed by atoms with Gasteiger partial charge in [-0.1, -0.05) is 6.07 Å². The number of nitrogens with two attached hydrogens (primary N) is 1. The first-order valence-electron chi connectivity index (χ1n) is 6.71. The lowest BCUT2D eigenvalue weighted by Crippen LogP contribution is -2.21. The zero-order chi connectivity index (χ0) is 15.6. The van der Waals surface area contributed by atoms with E-state index in [2.05, 4.69) is 4.90 Å². The van der Waals surface area contributed by atoms with Crippen molar-refractivity contribution in [3.63, 3.8) is 0 Å². The van der Waals surface area contributed by atoms with Gasteiger partial charge in [0.1, 0.15) is 5.56 Å². The third-order valence-corrected chi connectivity index (χ3v) is 3.38. The maximum atomic E-state index is 12.2. The summed E-state index contributed by atoms with van der Waals surface area (Å²) < 4.78 is 1.79. The summed E-state index contributed by atoms with van der Waals surface area (Å²) in [6.07, 6.45) is 2.25. The van der Waals surface area contributed by atoms with Crippen LogP contribution in [0.4, 0.5) is 5.69 Å². The average Bonchev–Trinajstić information content (AvgIpc) is 2.40. The van der Waals surface area contributed by atoms with E-state index in [-0.39, 0.29) is 10.9 Å². The number of nitrogens with zero attached hydrogens (tertiary/aromatic N) is 2. The Morgan fingerprint density at radius 3 is 2.71 bits per heavy atom. The minimum atomic E-state index is -1.23. The molecule has 112 valence electrons. The van der Waals surface area contributed by atoms with Crippen molar-refractivity contribution in [3.8, 4) is 0 Å². The molecule has 0 radical (unpaired) electrons. The van der Waals surface area contributed by atoms with E-state index in [9.17, 15) is 14.7 Å². The lowest BCUT2D eigenvalue weighted by molar-refractivity contribution is 0.0695. The number of carbonyl (C=O) groups is 1. The summed E-state index contributed by atoms with van der Waals surface area (Å²) in [4.78, 5) is 25.5. The molecule has 21 heavy (non-hydrogen) atoms. The van der Waals surface area contributed by atoms with E-state index in [1.165, 1.54) is 6.20 Å². The van der Waals surface area contributed by atoms with Gasteiger partial charge in [-0.25, -0.2) is 4.79 Å². The molecule has 0 aliphatic carbocycles. The predicted octanol–water partition coefficient (Wildman–Crippen LogP) is 1.23. The van der Waals surface area contributed by atoms with Gasteiger partial charge in [-0.3, -0.25) is 4.79 Å². The molecule has 0 atom stereocenters. The maximum absolute atomic E-state index is 12.2. The van der Waals surface area contributed by atoms with Crippen molar-refractivity contribution < 1.29 is 9.90 Å². The summed E-state index contributed by atoms with van der Waals surface area (Å²) in [5.41, 5.74) is 6.06. The second-order valence-corrected chi connectivity index (χ2v) is 5.27. The summed E-state index contributed by atoms with van der Waals surface area (Å²) in [6, 6.07) is 5.16. The van der Waals surface area contributed by atoms with Crippen LogP contribution < -0.4 is 11.2 Å². The number of benzene rings is 1. The molecule has 0 unspecified atom stereocenters. The number of pyridine rings is 1. The van der Waals surface area contributed by atoms with Crippen molar-refractivity contribution in [2.45, 2.75) is 13.0 Å². The zero-order valence-corrected chi connectivity index (χ0v) is 12.2. The lowest BCUT2D eigenvalue weighted by atomic mass is 10.1. The van der Waals surface area contributed by atoms with Gasteiger partial charge in [0.2, 0.25) is 5.43 Å². The molecule has 0 spiro atoms. The van der Waals surface area contributed by atoms with Crippen LogP contribution in [-0.4, -0.2) is 41.2 Å². The quantitative estimate of drug-likeness (QED) is 0.808. The molecule has 2 rings (SSSR count). The van der Waals surface area contributed by atoms with E-state index in [0.29, 0.717) is 17.7 Å². The molecule has 6 heteroatoms. The van der Waals surface area contributed by atoms with E-state index >= 15 is 0 Å². The Bertz CT molecular complexity index is 735. The molecule has 6 nitrogen and oxygen atoms in total. The van der Waals surface area contributed by atoms with Crippen LogP contribution in [0.5, 0.6) is 0 Å². The molecule has 0 saturated carbocycles. The minimum Gasteiger partial charge on any atom is -0.477 e. The fraction of sp³-hybridized carbons (Fsp3) is 0.333. The first-order valence-corrected chi connectivity index (χ1v) is 6.71. The maximum Gasteiger partial charge on any atom is 0.341 e. The molecule has 2 aromatic rings. The van der Waals surface area contributed by atoms with Crippen molar-refractivity contribution in [3.05, 3.63) is 40.2 Å². The molecule has 0 bridgehead atoms. The Morgan fingerprint density at radius 2 is 2.10 bits per heavy atom. The number of hydrogen-bond acceptors (Lipinski definition) is 4. The van der Waals surface area contributed by atoms with Gasteiger partial charge in [0.05, 0.1) is 10.9 Å². The topological polar surface area (TPSA) is 88.6 Å². The fourth-order valence-corrected chi connectivity index (χ4v) is 2.36. The van der Waals surface area contributed by atoms with Gasteiger partial charge in [-0.15, -0.1) is 0 Å². The highest BCUT2D eigenvalue weighted by Gasteiger charge is 2.15. The van der Waals surface area contributed by atoms with Crippen molar-refractivity contribution in [2.24, 2.45) is 0 Å².